The molecule has 0 saturated carbocycles. The maximum absolute atomic E-state index is 12.9. The van der Waals surface area contributed by atoms with Gasteiger partial charge in [-0.15, -0.1) is 0 Å². The summed E-state index contributed by atoms with van der Waals surface area (Å²) in [5.74, 6) is 0.216. The molecule has 0 unspecified atom stereocenters. The van der Waals surface area contributed by atoms with E-state index in [9.17, 15) is 18.0 Å². The molecule has 0 aliphatic carbocycles. The molecule has 3 rings (SSSR count). The van der Waals surface area contributed by atoms with Crippen molar-refractivity contribution < 1.29 is 22.6 Å². The largest absolute Gasteiger partial charge is 0.491 e. The molecular formula is C19H14ClF3N2O3S. The molecule has 3 aromatic rings. The first-order chi connectivity index (χ1) is 13.7. The van der Waals surface area contributed by atoms with Gasteiger partial charge in [0.1, 0.15) is 0 Å². The molecule has 0 N–H and O–H groups in total. The second kappa shape index (κ2) is 8.38. The molecule has 152 valence electrons. The Kier molecular flexibility index (Phi) is 6.09. The Hall–Kier alpha value is -2.65. The first kappa shape index (κ1) is 21.1. The van der Waals surface area contributed by atoms with Gasteiger partial charge in [0.25, 0.3) is 0 Å². The second-order valence-corrected chi connectivity index (χ2v) is 7.26. The average molecular weight is 443 g/mol. The quantitative estimate of drug-likeness (QED) is 0.552. The third kappa shape index (κ3) is 4.51. The minimum absolute atomic E-state index is 0.00933. The highest BCUT2D eigenvalue weighted by Gasteiger charge is 2.33. The van der Waals surface area contributed by atoms with E-state index >= 15 is 0 Å². The molecule has 0 fully saturated rings. The summed E-state index contributed by atoms with van der Waals surface area (Å²) in [5.41, 5.74) is -0.941. The van der Waals surface area contributed by atoms with Crippen LogP contribution in [0.3, 0.4) is 0 Å². The maximum Gasteiger partial charge on any atom is 0.417 e. The summed E-state index contributed by atoms with van der Waals surface area (Å²) in [6, 6.07) is 10.3. The van der Waals surface area contributed by atoms with E-state index in [1.165, 1.54) is 44.3 Å². The highest BCUT2D eigenvalue weighted by atomic mass is 35.5. The zero-order valence-corrected chi connectivity index (χ0v) is 16.7. The molecule has 0 aliphatic heterocycles. The monoisotopic (exact) mass is 442 g/mol. The lowest BCUT2D eigenvalue weighted by Gasteiger charge is -2.12. The Bertz CT molecular complexity index is 1100. The zero-order valence-electron chi connectivity index (χ0n) is 15.2. The van der Waals surface area contributed by atoms with Crippen LogP contribution in [0.2, 0.25) is 5.02 Å². The molecule has 1 heterocycles. The smallest absolute Gasteiger partial charge is 0.417 e. The van der Waals surface area contributed by atoms with Crippen molar-refractivity contribution in [2.45, 2.75) is 16.0 Å². The Morgan fingerprint density at radius 2 is 1.79 bits per heavy atom. The second-order valence-electron chi connectivity index (χ2n) is 5.70. The Labute approximate surface area is 173 Å². The predicted molar refractivity (Wildman–Crippen MR) is 104 cm³/mol. The minimum Gasteiger partial charge on any atom is -0.491 e. The highest BCUT2D eigenvalue weighted by Crippen LogP contribution is 2.38. The fourth-order valence-corrected chi connectivity index (χ4v) is 3.81. The van der Waals surface area contributed by atoms with E-state index in [1.54, 1.807) is 24.3 Å². The lowest BCUT2D eigenvalue weighted by Crippen LogP contribution is -2.22. The summed E-state index contributed by atoms with van der Waals surface area (Å²) in [5, 5.41) is 3.69. The fraction of sp³-hybridized carbons (Fsp3) is 0.158. The van der Waals surface area contributed by atoms with Crippen LogP contribution in [-0.4, -0.2) is 24.0 Å². The summed E-state index contributed by atoms with van der Waals surface area (Å²) >= 11 is 6.98. The van der Waals surface area contributed by atoms with Gasteiger partial charge in [0.15, 0.2) is 5.75 Å². The zero-order chi connectivity index (χ0) is 21.2. The number of nitrogens with zero attached hydrogens (tertiary/aromatic N) is 2. The van der Waals surface area contributed by atoms with Crippen LogP contribution in [0.25, 0.3) is 5.69 Å². The lowest BCUT2D eigenvalue weighted by atomic mass is 10.2. The van der Waals surface area contributed by atoms with Gasteiger partial charge >= 0.3 is 11.7 Å². The molecule has 0 amide bonds. The first-order valence-corrected chi connectivity index (χ1v) is 9.29. The van der Waals surface area contributed by atoms with Gasteiger partial charge in [-0.2, -0.15) is 23.0 Å². The van der Waals surface area contributed by atoms with Crippen LogP contribution in [0.4, 0.5) is 13.2 Å². The predicted octanol–water partition coefficient (Wildman–Crippen LogP) is 5.07. The van der Waals surface area contributed by atoms with Crippen molar-refractivity contribution in [1.29, 1.82) is 0 Å². The molecule has 0 radical (unpaired) electrons. The van der Waals surface area contributed by atoms with Crippen LogP contribution in [0, 0.1) is 0 Å². The number of rotatable bonds is 5. The number of benzene rings is 2. The minimum atomic E-state index is -4.51. The molecule has 10 heteroatoms. The van der Waals surface area contributed by atoms with Crippen molar-refractivity contribution >= 4 is 23.4 Å². The van der Waals surface area contributed by atoms with Gasteiger partial charge in [-0.3, -0.25) is 4.79 Å². The van der Waals surface area contributed by atoms with E-state index in [0.717, 1.165) is 10.7 Å². The molecule has 0 saturated heterocycles. The summed E-state index contributed by atoms with van der Waals surface area (Å²) in [7, 11) is 2.75. The first-order valence-electron chi connectivity index (χ1n) is 8.10. The standard InChI is InChI=1S/C19H14ClF3N2O3S/c1-27-16-10-24-25(18(26)17(16)28-2)11-4-3-5-12(8-11)29-13-6-7-14(15(20)9-13)19(21,22)23/h3-10H,1-2H3. The van der Waals surface area contributed by atoms with E-state index in [1.807, 2.05) is 0 Å². The number of halogens is 4. The molecule has 5 nitrogen and oxygen atoms in total. The summed E-state index contributed by atoms with van der Waals surface area (Å²) in [6.07, 6.45) is -3.16. The number of methoxy groups -OCH3 is 2. The Morgan fingerprint density at radius 1 is 1.07 bits per heavy atom. The van der Waals surface area contributed by atoms with Crippen LogP contribution in [-0.2, 0) is 6.18 Å². The van der Waals surface area contributed by atoms with Gasteiger partial charge in [-0.1, -0.05) is 29.4 Å². The van der Waals surface area contributed by atoms with E-state index in [4.69, 9.17) is 21.1 Å². The van der Waals surface area contributed by atoms with Crippen LogP contribution >= 0.6 is 23.4 Å². The summed E-state index contributed by atoms with van der Waals surface area (Å²) in [6.45, 7) is 0. The molecule has 0 spiro atoms. The maximum atomic E-state index is 12.9. The number of hydrogen-bond donors (Lipinski definition) is 0. The molecule has 0 bridgehead atoms. The number of alkyl halides is 3. The van der Waals surface area contributed by atoms with Crippen molar-refractivity contribution in [2.75, 3.05) is 14.2 Å². The van der Waals surface area contributed by atoms with Crippen LogP contribution in [0.15, 0.2) is 63.2 Å². The SMILES string of the molecule is COc1cnn(-c2cccc(Sc3ccc(C(F)(F)F)c(Cl)c3)c2)c(=O)c1OC. The normalized spacial score (nSPS) is 11.4. The Balaban J connectivity index is 1.94. The molecule has 0 atom stereocenters. The van der Waals surface area contributed by atoms with Gasteiger partial charge in [0.05, 0.1) is 36.7 Å². The number of ether oxygens (including phenoxy) is 2. The summed E-state index contributed by atoms with van der Waals surface area (Å²) < 4.78 is 49.9. The van der Waals surface area contributed by atoms with E-state index in [-0.39, 0.29) is 16.5 Å². The van der Waals surface area contributed by atoms with E-state index in [0.29, 0.717) is 15.5 Å². The van der Waals surface area contributed by atoms with Gasteiger partial charge < -0.3 is 9.47 Å². The van der Waals surface area contributed by atoms with Gasteiger partial charge in [0.2, 0.25) is 5.75 Å². The molecule has 29 heavy (non-hydrogen) atoms. The Morgan fingerprint density at radius 3 is 2.41 bits per heavy atom. The van der Waals surface area contributed by atoms with E-state index in [2.05, 4.69) is 5.10 Å². The number of hydrogen-bond acceptors (Lipinski definition) is 5. The van der Waals surface area contributed by atoms with Crippen molar-refractivity contribution in [3.05, 3.63) is 69.6 Å². The van der Waals surface area contributed by atoms with Gasteiger partial charge in [-0.05, 0) is 36.4 Å². The fourth-order valence-electron chi connectivity index (χ4n) is 2.54. The average Bonchev–Trinajstić information content (AvgIpc) is 2.66. The third-order valence-corrected chi connectivity index (χ3v) is 5.16. The van der Waals surface area contributed by atoms with Crippen LogP contribution < -0.4 is 15.0 Å². The topological polar surface area (TPSA) is 53.4 Å². The van der Waals surface area contributed by atoms with Crippen molar-refractivity contribution in [3.63, 3.8) is 0 Å². The van der Waals surface area contributed by atoms with E-state index < -0.39 is 17.3 Å². The van der Waals surface area contributed by atoms with Crippen LogP contribution in [0.1, 0.15) is 5.56 Å². The summed E-state index contributed by atoms with van der Waals surface area (Å²) in [4.78, 5) is 13.8. The third-order valence-electron chi connectivity index (χ3n) is 3.87. The molecular weight excluding hydrogens is 429 g/mol. The van der Waals surface area contributed by atoms with Gasteiger partial charge in [-0.25, -0.2) is 0 Å². The molecule has 0 aliphatic rings. The van der Waals surface area contributed by atoms with Gasteiger partial charge in [0, 0.05) is 9.79 Å². The molecule has 1 aromatic heterocycles. The van der Waals surface area contributed by atoms with Crippen molar-refractivity contribution in [2.24, 2.45) is 0 Å². The highest BCUT2D eigenvalue weighted by molar-refractivity contribution is 7.99. The van der Waals surface area contributed by atoms with Crippen molar-refractivity contribution in [3.8, 4) is 17.2 Å². The van der Waals surface area contributed by atoms with Crippen LogP contribution in [0.5, 0.6) is 11.5 Å². The van der Waals surface area contributed by atoms with Crippen molar-refractivity contribution in [1.82, 2.24) is 9.78 Å². The number of aromatic nitrogens is 2. The lowest BCUT2D eigenvalue weighted by molar-refractivity contribution is -0.137. The molecule has 2 aromatic carbocycles.